The van der Waals surface area contributed by atoms with Crippen molar-refractivity contribution in [2.75, 3.05) is 39.3 Å². The summed E-state index contributed by atoms with van der Waals surface area (Å²) in [4.78, 5) is 28.8. The van der Waals surface area contributed by atoms with Crippen molar-refractivity contribution in [3.05, 3.63) is 33.8 Å². The van der Waals surface area contributed by atoms with E-state index in [9.17, 15) is 9.59 Å². The number of nitrogens with one attached hydrogen (secondary N) is 1. The number of halogens is 2. The van der Waals surface area contributed by atoms with E-state index in [1.54, 1.807) is 23.1 Å². The number of hydrogen-bond donors (Lipinski definition) is 1. The largest absolute Gasteiger partial charge is 0.339 e. The van der Waals surface area contributed by atoms with Crippen LogP contribution in [0.4, 0.5) is 0 Å². The second-order valence-electron chi connectivity index (χ2n) is 6.32. The second kappa shape index (κ2) is 7.72. The van der Waals surface area contributed by atoms with Crippen molar-refractivity contribution in [1.82, 2.24) is 15.1 Å². The molecule has 3 rings (SSSR count). The molecule has 0 aromatic heterocycles. The standard InChI is InChI=1S/C17H21Cl2N3O2/c18-14-8-13(9-15(19)10-14)17(24)22-6-4-21(5-7-22)16(23)12-2-1-3-20-11-12/h8-10,12,20H,1-7,11H2. The first-order chi connectivity index (χ1) is 11.5. The molecule has 1 aromatic rings. The number of piperidine rings is 1. The molecule has 130 valence electrons. The normalized spacial score (nSPS) is 21.7. The van der Waals surface area contributed by atoms with E-state index in [-0.39, 0.29) is 17.7 Å². The molecule has 1 atom stereocenters. The number of piperazine rings is 1. The molecule has 0 saturated carbocycles. The summed E-state index contributed by atoms with van der Waals surface area (Å²) in [5.41, 5.74) is 0.490. The van der Waals surface area contributed by atoms with Gasteiger partial charge in [-0.2, -0.15) is 0 Å². The Hall–Kier alpha value is -1.30. The van der Waals surface area contributed by atoms with Crippen LogP contribution >= 0.6 is 23.2 Å². The van der Waals surface area contributed by atoms with Crippen LogP contribution in [-0.2, 0) is 4.79 Å². The summed E-state index contributed by atoms with van der Waals surface area (Å²) in [6.07, 6.45) is 2.00. The van der Waals surface area contributed by atoms with Crippen LogP contribution < -0.4 is 5.32 Å². The minimum atomic E-state index is -0.0918. The number of rotatable bonds is 2. The van der Waals surface area contributed by atoms with E-state index in [0.717, 1.165) is 25.9 Å². The van der Waals surface area contributed by atoms with E-state index in [2.05, 4.69) is 5.32 Å². The minimum absolute atomic E-state index is 0.0766. The second-order valence-corrected chi connectivity index (χ2v) is 7.19. The summed E-state index contributed by atoms with van der Waals surface area (Å²) in [7, 11) is 0. The van der Waals surface area contributed by atoms with Crippen molar-refractivity contribution in [2.45, 2.75) is 12.8 Å². The Morgan fingerprint density at radius 3 is 2.21 bits per heavy atom. The van der Waals surface area contributed by atoms with Gasteiger partial charge in [-0.15, -0.1) is 0 Å². The molecule has 2 heterocycles. The molecule has 1 N–H and O–H groups in total. The van der Waals surface area contributed by atoms with Crippen LogP contribution in [0.1, 0.15) is 23.2 Å². The molecule has 2 fully saturated rings. The van der Waals surface area contributed by atoms with Crippen molar-refractivity contribution >= 4 is 35.0 Å². The summed E-state index contributed by atoms with van der Waals surface area (Å²) in [5, 5.41) is 4.17. The Balaban J connectivity index is 1.58. The summed E-state index contributed by atoms with van der Waals surface area (Å²) in [6.45, 7) is 3.99. The van der Waals surface area contributed by atoms with Gasteiger partial charge in [-0.25, -0.2) is 0 Å². The van der Waals surface area contributed by atoms with Crippen LogP contribution in [0.25, 0.3) is 0 Å². The molecule has 2 amide bonds. The maximum Gasteiger partial charge on any atom is 0.254 e. The van der Waals surface area contributed by atoms with Crippen molar-refractivity contribution in [3.8, 4) is 0 Å². The number of carbonyl (C=O) groups is 2. The number of amides is 2. The summed E-state index contributed by atoms with van der Waals surface area (Å²) in [6, 6.07) is 4.86. The number of hydrogen-bond acceptors (Lipinski definition) is 3. The smallest absolute Gasteiger partial charge is 0.254 e. The Morgan fingerprint density at radius 2 is 1.62 bits per heavy atom. The zero-order valence-electron chi connectivity index (χ0n) is 13.4. The Bertz CT molecular complexity index is 604. The molecule has 2 saturated heterocycles. The fourth-order valence-electron chi connectivity index (χ4n) is 3.31. The van der Waals surface area contributed by atoms with Crippen LogP contribution in [0.3, 0.4) is 0 Å². The van der Waals surface area contributed by atoms with Gasteiger partial charge in [0, 0.05) is 48.3 Å². The lowest BCUT2D eigenvalue weighted by Crippen LogP contribution is -2.53. The molecule has 1 aromatic carbocycles. The zero-order chi connectivity index (χ0) is 17.1. The van der Waals surface area contributed by atoms with Crippen molar-refractivity contribution in [2.24, 2.45) is 5.92 Å². The maximum atomic E-state index is 12.6. The Labute approximate surface area is 151 Å². The van der Waals surface area contributed by atoms with Gasteiger partial charge in [0.2, 0.25) is 5.91 Å². The molecule has 24 heavy (non-hydrogen) atoms. The van der Waals surface area contributed by atoms with Crippen molar-refractivity contribution in [1.29, 1.82) is 0 Å². The third kappa shape index (κ3) is 4.02. The highest BCUT2D eigenvalue weighted by molar-refractivity contribution is 6.35. The fourth-order valence-corrected chi connectivity index (χ4v) is 3.84. The van der Waals surface area contributed by atoms with Crippen LogP contribution in [-0.4, -0.2) is 60.9 Å². The predicted octanol–water partition coefficient (Wildman–Crippen LogP) is 2.28. The molecule has 2 aliphatic rings. The predicted molar refractivity (Wildman–Crippen MR) is 94.5 cm³/mol. The SMILES string of the molecule is O=C(c1cc(Cl)cc(Cl)c1)N1CCN(C(=O)C2CCCNC2)CC1. The van der Waals surface area contributed by atoms with E-state index < -0.39 is 0 Å². The molecule has 7 heteroatoms. The first-order valence-electron chi connectivity index (χ1n) is 8.29. The van der Waals surface area contributed by atoms with Crippen LogP contribution in [0.15, 0.2) is 18.2 Å². The molecule has 0 radical (unpaired) electrons. The van der Waals surface area contributed by atoms with Gasteiger partial charge in [-0.3, -0.25) is 9.59 Å². The highest BCUT2D eigenvalue weighted by Crippen LogP contribution is 2.21. The average molecular weight is 370 g/mol. The molecule has 2 aliphatic heterocycles. The number of benzene rings is 1. The molecular weight excluding hydrogens is 349 g/mol. The Morgan fingerprint density at radius 1 is 1.00 bits per heavy atom. The van der Waals surface area contributed by atoms with E-state index in [4.69, 9.17) is 23.2 Å². The van der Waals surface area contributed by atoms with E-state index >= 15 is 0 Å². The van der Waals surface area contributed by atoms with Crippen molar-refractivity contribution < 1.29 is 9.59 Å². The van der Waals surface area contributed by atoms with Gasteiger partial charge in [0.05, 0.1) is 5.92 Å². The molecule has 5 nitrogen and oxygen atoms in total. The van der Waals surface area contributed by atoms with Crippen molar-refractivity contribution in [3.63, 3.8) is 0 Å². The monoisotopic (exact) mass is 369 g/mol. The quantitative estimate of drug-likeness (QED) is 0.869. The Kier molecular flexibility index (Phi) is 5.64. The van der Waals surface area contributed by atoms with E-state index in [1.165, 1.54) is 0 Å². The van der Waals surface area contributed by atoms with Gasteiger partial charge in [-0.05, 0) is 37.6 Å². The highest BCUT2D eigenvalue weighted by Gasteiger charge is 2.30. The molecule has 0 aliphatic carbocycles. The van der Waals surface area contributed by atoms with Gasteiger partial charge in [-0.1, -0.05) is 23.2 Å². The van der Waals surface area contributed by atoms with Crippen LogP contribution in [0.5, 0.6) is 0 Å². The maximum absolute atomic E-state index is 12.6. The van der Waals surface area contributed by atoms with Gasteiger partial charge in [0.15, 0.2) is 0 Å². The number of nitrogens with zero attached hydrogens (tertiary/aromatic N) is 2. The highest BCUT2D eigenvalue weighted by atomic mass is 35.5. The third-order valence-corrected chi connectivity index (χ3v) is 5.07. The molecule has 0 bridgehead atoms. The lowest BCUT2D eigenvalue weighted by molar-refractivity contribution is -0.137. The average Bonchev–Trinajstić information content (AvgIpc) is 2.60. The van der Waals surface area contributed by atoms with Gasteiger partial charge < -0.3 is 15.1 Å². The summed E-state index contributed by atoms with van der Waals surface area (Å²) in [5.74, 6) is 0.193. The van der Waals surface area contributed by atoms with Crippen LogP contribution in [0.2, 0.25) is 10.0 Å². The zero-order valence-corrected chi connectivity index (χ0v) is 14.9. The van der Waals surface area contributed by atoms with Gasteiger partial charge in [0.1, 0.15) is 0 Å². The first kappa shape index (κ1) is 17.5. The lowest BCUT2D eigenvalue weighted by Gasteiger charge is -2.37. The fraction of sp³-hybridized carbons (Fsp3) is 0.529. The van der Waals surface area contributed by atoms with Crippen LogP contribution in [0, 0.1) is 5.92 Å². The van der Waals surface area contributed by atoms with E-state index in [1.807, 2.05) is 4.90 Å². The third-order valence-electron chi connectivity index (χ3n) is 4.63. The van der Waals surface area contributed by atoms with E-state index in [0.29, 0.717) is 41.8 Å². The minimum Gasteiger partial charge on any atom is -0.339 e. The molecule has 1 unspecified atom stereocenters. The summed E-state index contributed by atoms with van der Waals surface area (Å²) < 4.78 is 0. The molecular formula is C17H21Cl2N3O2. The van der Waals surface area contributed by atoms with Gasteiger partial charge in [0.25, 0.3) is 5.91 Å². The topological polar surface area (TPSA) is 52.7 Å². The van der Waals surface area contributed by atoms with Gasteiger partial charge >= 0.3 is 0 Å². The summed E-state index contributed by atoms with van der Waals surface area (Å²) >= 11 is 11.9. The molecule has 0 spiro atoms. The lowest BCUT2D eigenvalue weighted by atomic mass is 9.98. The number of carbonyl (C=O) groups excluding carboxylic acids is 2. The first-order valence-corrected chi connectivity index (χ1v) is 9.05.